The van der Waals surface area contributed by atoms with E-state index in [1.54, 1.807) is 84.9 Å². The molecule has 33 heteroatoms. The molecule has 134 heavy (non-hydrogen) atoms. The van der Waals surface area contributed by atoms with Crippen molar-refractivity contribution in [1.82, 2.24) is 5.32 Å². The molecule has 4 heterocycles. The van der Waals surface area contributed by atoms with Crippen LogP contribution in [-0.4, -0.2) is 213 Å². The molecule has 0 aliphatic carbocycles. The minimum Gasteiger partial charge on any atom is -0.459 e. The van der Waals surface area contributed by atoms with E-state index in [1.165, 1.54) is 97.1 Å². The number of benzene rings is 10. The standard InChI is InChI=1S/C101H98Cl3NO29/c1-63(106)123-86-83(76(125-96(113)88(86)124-64(2)107)59-116-54-66-35-15-4-16-36-66)134-99-90(132-95(112)74-51-31-12-32-52-74)87(131-94(111)73-49-29-11-30-50-73)82(129-92(109)71-45-25-9-26-46-71)78(128-99)61-121-97-79(105-100(114)122-62-101(102,103)104)84(130-93(110)72-47-27-10-28-48-72)81(77(126-97)60-120-91(108)70-43-23-8-24-44-70)133-98-89(119-57-69-41-21-7-22-42-69)85(118-56-68-39-19-6-20-40-68)80(117-55-67-37-17-5-18-38-67)75(127-98)58-115-53-65-33-13-3-14-34-65/h3-52,75-90,96-99,113H,53-62H2,1-2H3,(H,105,114). The lowest BCUT2D eigenvalue weighted by Crippen LogP contribution is -2.69. The molecular weight excluding hydrogens is 1800 g/mol. The van der Waals surface area contributed by atoms with Gasteiger partial charge in [0.15, 0.2) is 61.8 Å². The van der Waals surface area contributed by atoms with Crippen LogP contribution in [0.4, 0.5) is 4.79 Å². The van der Waals surface area contributed by atoms with Crippen LogP contribution in [0.2, 0.25) is 0 Å². The fraction of sp³-hybridized carbons (Fsp3) is 0.327. The maximum Gasteiger partial charge on any atom is 0.407 e. The number of alkyl carbamates (subject to hydrolysis) is 1. The number of aliphatic hydroxyl groups is 1. The number of amides is 1. The fourth-order valence-electron chi connectivity index (χ4n) is 15.4. The van der Waals surface area contributed by atoms with E-state index in [2.05, 4.69) is 5.32 Å². The molecule has 20 unspecified atom stereocenters. The molecule has 0 spiro atoms. The van der Waals surface area contributed by atoms with Crippen LogP contribution >= 0.6 is 34.8 Å². The van der Waals surface area contributed by atoms with Crippen molar-refractivity contribution in [3.8, 4) is 0 Å². The maximum absolute atomic E-state index is 15.6. The lowest BCUT2D eigenvalue weighted by molar-refractivity contribution is -0.368. The normalized spacial score (nSPS) is 25.0. The largest absolute Gasteiger partial charge is 0.459 e. The van der Waals surface area contributed by atoms with Gasteiger partial charge in [0, 0.05) is 13.8 Å². The Morgan fingerprint density at radius 3 is 1.03 bits per heavy atom. The van der Waals surface area contributed by atoms with Gasteiger partial charge in [-0.15, -0.1) is 0 Å². The zero-order chi connectivity index (χ0) is 93.7. The molecule has 20 atom stereocenters. The average molecular weight is 1900 g/mol. The lowest BCUT2D eigenvalue weighted by Gasteiger charge is -2.50. The number of halogens is 3. The monoisotopic (exact) mass is 1890 g/mol. The second-order valence-corrected chi connectivity index (χ2v) is 33.9. The van der Waals surface area contributed by atoms with Crippen LogP contribution in [0.5, 0.6) is 0 Å². The first kappa shape index (κ1) is 98.1. The van der Waals surface area contributed by atoms with Crippen LogP contribution in [0.25, 0.3) is 0 Å². The second kappa shape index (κ2) is 48.9. The van der Waals surface area contributed by atoms with Gasteiger partial charge in [-0.05, 0) is 88.5 Å². The lowest BCUT2D eigenvalue weighted by atomic mass is 9.94. The molecule has 0 aromatic heterocycles. The van der Waals surface area contributed by atoms with Gasteiger partial charge in [0.25, 0.3) is 0 Å². The Labute approximate surface area is 787 Å². The Bertz CT molecular complexity index is 5370. The van der Waals surface area contributed by atoms with Crippen molar-refractivity contribution in [3.63, 3.8) is 0 Å². The SMILES string of the molecule is CC(=O)OC1C(O)OC(COCc2ccccc2)C(OC2OC(COC3OC(COC(=O)c4ccccc4)C(OC4OC(COCc5ccccc5)C(OCc5ccccc5)C(OCc5ccccc5)C4OCc4ccccc4)C(OC(=O)c4ccccc4)C3NC(=O)OCC(Cl)(Cl)Cl)C(OC(=O)c3ccccc3)C(OC(=O)c3ccccc3)C2OC(=O)c2ccccc2)C1OC(C)=O. The predicted octanol–water partition coefficient (Wildman–Crippen LogP) is 13.9. The van der Waals surface area contributed by atoms with Crippen molar-refractivity contribution in [2.24, 2.45) is 0 Å². The molecule has 30 nitrogen and oxygen atoms in total. The van der Waals surface area contributed by atoms with E-state index in [-0.39, 0.29) is 67.5 Å². The summed E-state index contributed by atoms with van der Waals surface area (Å²) < 4.78 is 132. The van der Waals surface area contributed by atoms with Gasteiger partial charge in [0.2, 0.25) is 3.79 Å². The number of ether oxygens (including phenoxy) is 20. The predicted molar refractivity (Wildman–Crippen MR) is 479 cm³/mol. The minimum atomic E-state index is -2.28. The van der Waals surface area contributed by atoms with Gasteiger partial charge < -0.3 is 105 Å². The van der Waals surface area contributed by atoms with Crippen LogP contribution in [0, 0.1) is 0 Å². The molecule has 4 aliphatic rings. The van der Waals surface area contributed by atoms with E-state index in [9.17, 15) is 19.5 Å². The zero-order valence-corrected chi connectivity index (χ0v) is 74.8. The van der Waals surface area contributed by atoms with Crippen molar-refractivity contribution in [1.29, 1.82) is 0 Å². The highest BCUT2D eigenvalue weighted by atomic mass is 35.6. The smallest absolute Gasteiger partial charge is 0.407 e. The van der Waals surface area contributed by atoms with Gasteiger partial charge in [-0.1, -0.05) is 277 Å². The van der Waals surface area contributed by atoms with Gasteiger partial charge in [-0.2, -0.15) is 0 Å². The number of alkyl halides is 3. The fourth-order valence-corrected chi connectivity index (χ4v) is 15.6. The minimum absolute atomic E-state index is 0.0102. The Hall–Kier alpha value is -11.9. The topological polar surface area (TPSA) is 353 Å². The zero-order valence-electron chi connectivity index (χ0n) is 72.5. The summed E-state index contributed by atoms with van der Waals surface area (Å²) in [6.07, 6.45) is -35.9. The molecule has 4 fully saturated rings. The third kappa shape index (κ3) is 27.9. The first-order chi connectivity index (χ1) is 65.1. The van der Waals surface area contributed by atoms with Gasteiger partial charge >= 0.3 is 47.9 Å². The number of carbonyl (C=O) groups is 8. The van der Waals surface area contributed by atoms with Crippen molar-refractivity contribution in [2.45, 2.75) is 173 Å². The second-order valence-electron chi connectivity index (χ2n) is 31.4. The van der Waals surface area contributed by atoms with Crippen LogP contribution in [0.3, 0.4) is 0 Å². The molecule has 4 aliphatic heterocycles. The number of rotatable bonds is 39. The summed E-state index contributed by atoms with van der Waals surface area (Å²) in [5.74, 6) is -7.34. The third-order valence-corrected chi connectivity index (χ3v) is 22.1. The number of carbonyl (C=O) groups excluding carboxylic acids is 8. The third-order valence-electron chi connectivity index (χ3n) is 21.7. The number of hydrogen-bond acceptors (Lipinski definition) is 29. The number of esters is 7. The van der Waals surface area contributed by atoms with Crippen molar-refractivity contribution < 1.29 is 138 Å². The highest BCUT2D eigenvalue weighted by Crippen LogP contribution is 2.41. The highest BCUT2D eigenvalue weighted by molar-refractivity contribution is 6.67. The van der Waals surface area contributed by atoms with E-state index in [4.69, 9.17) is 130 Å². The molecule has 10 aromatic rings. The van der Waals surface area contributed by atoms with Crippen LogP contribution in [-0.2, 0) is 137 Å². The summed E-state index contributed by atoms with van der Waals surface area (Å²) in [7, 11) is 0. The van der Waals surface area contributed by atoms with Gasteiger partial charge in [0.1, 0.15) is 74.2 Å². The van der Waals surface area contributed by atoms with Gasteiger partial charge in [-0.3, -0.25) is 9.59 Å². The molecule has 1 amide bonds. The Balaban J connectivity index is 0.933. The highest BCUT2D eigenvalue weighted by Gasteiger charge is 2.60. The molecule has 0 bridgehead atoms. The van der Waals surface area contributed by atoms with Crippen LogP contribution < -0.4 is 5.32 Å². The van der Waals surface area contributed by atoms with E-state index in [0.717, 1.165) is 30.5 Å². The van der Waals surface area contributed by atoms with Gasteiger partial charge in [0.05, 0.1) is 80.7 Å². The Kier molecular flexibility index (Phi) is 35.8. The number of hydrogen-bond donors (Lipinski definition) is 2. The Morgan fingerprint density at radius 2 is 0.612 bits per heavy atom. The molecule has 4 saturated heterocycles. The van der Waals surface area contributed by atoms with E-state index in [1.807, 2.05) is 121 Å². The number of nitrogens with one attached hydrogen (secondary N) is 1. The quantitative estimate of drug-likeness (QED) is 0.0205. The molecule has 0 radical (unpaired) electrons. The van der Waals surface area contributed by atoms with Crippen molar-refractivity contribution in [2.75, 3.05) is 33.0 Å². The van der Waals surface area contributed by atoms with E-state index in [0.29, 0.717) is 11.1 Å². The van der Waals surface area contributed by atoms with E-state index >= 15 is 24.0 Å². The molecule has 10 aromatic carbocycles. The van der Waals surface area contributed by atoms with Crippen molar-refractivity contribution in [3.05, 3.63) is 359 Å². The summed E-state index contributed by atoms with van der Waals surface area (Å²) >= 11 is 19.0. The number of aliphatic hydroxyl groups excluding tert-OH is 1. The van der Waals surface area contributed by atoms with Crippen LogP contribution in [0.15, 0.2) is 303 Å². The summed E-state index contributed by atoms with van der Waals surface area (Å²) in [6.45, 7) is -1.70. The molecule has 14 rings (SSSR count). The van der Waals surface area contributed by atoms with Crippen LogP contribution in [0.1, 0.15) is 93.5 Å². The summed E-state index contributed by atoms with van der Waals surface area (Å²) in [5, 5.41) is 14.6. The molecular formula is C101H98Cl3NO29. The average Bonchev–Trinajstić information content (AvgIpc) is 0.765. The maximum atomic E-state index is 15.6. The first-order valence-corrected chi connectivity index (χ1v) is 44.3. The summed E-state index contributed by atoms with van der Waals surface area (Å²) in [5.41, 5.74) is 3.38. The van der Waals surface area contributed by atoms with Crippen molar-refractivity contribution >= 4 is 82.7 Å². The van der Waals surface area contributed by atoms with E-state index < -0.39 is 201 Å². The molecule has 702 valence electrons. The first-order valence-electron chi connectivity index (χ1n) is 43.1. The molecule has 2 N–H and O–H groups in total. The summed E-state index contributed by atoms with van der Waals surface area (Å²) in [4.78, 5) is 118. The molecule has 0 saturated carbocycles. The Morgan fingerprint density at radius 1 is 0.299 bits per heavy atom. The van der Waals surface area contributed by atoms with Gasteiger partial charge in [-0.25, -0.2) is 28.8 Å². The summed E-state index contributed by atoms with van der Waals surface area (Å²) in [6, 6.07) is 82.1.